The summed E-state index contributed by atoms with van der Waals surface area (Å²) in [5.74, 6) is 1.79. The Morgan fingerprint density at radius 3 is 2.71 bits per heavy atom. The van der Waals surface area contributed by atoms with Crippen molar-refractivity contribution in [1.82, 2.24) is 19.9 Å². The van der Waals surface area contributed by atoms with Gasteiger partial charge in [0, 0.05) is 31.6 Å². The van der Waals surface area contributed by atoms with Crippen LogP contribution in [0.2, 0.25) is 0 Å². The number of rotatable bonds is 6. The van der Waals surface area contributed by atoms with E-state index in [4.69, 9.17) is 10.3 Å². The van der Waals surface area contributed by atoms with Gasteiger partial charge < -0.3 is 15.2 Å². The number of halogens is 2. The lowest BCUT2D eigenvalue weighted by Gasteiger charge is -2.23. The van der Waals surface area contributed by atoms with Gasteiger partial charge in [0.1, 0.15) is 0 Å². The van der Waals surface area contributed by atoms with Crippen LogP contribution in [-0.2, 0) is 6.54 Å². The van der Waals surface area contributed by atoms with E-state index in [0.717, 1.165) is 44.4 Å². The Bertz CT molecular complexity index is 402. The van der Waals surface area contributed by atoms with Crippen LogP contribution in [0.15, 0.2) is 4.52 Å². The summed E-state index contributed by atoms with van der Waals surface area (Å²) in [6.45, 7) is 8.81. The van der Waals surface area contributed by atoms with Crippen LogP contribution in [0, 0.1) is 0 Å². The van der Waals surface area contributed by atoms with E-state index >= 15 is 0 Å². The van der Waals surface area contributed by atoms with Crippen molar-refractivity contribution < 1.29 is 4.52 Å². The molecule has 21 heavy (non-hydrogen) atoms. The maximum atomic E-state index is 5.60. The van der Waals surface area contributed by atoms with Gasteiger partial charge in [0.05, 0.1) is 6.54 Å². The maximum Gasteiger partial charge on any atom is 0.229 e. The molecule has 0 radical (unpaired) electrons. The molecule has 1 unspecified atom stereocenters. The van der Waals surface area contributed by atoms with Crippen LogP contribution in [0.5, 0.6) is 0 Å². The predicted octanol–water partition coefficient (Wildman–Crippen LogP) is 1.50. The van der Waals surface area contributed by atoms with Crippen molar-refractivity contribution >= 4 is 24.8 Å². The molecule has 1 aliphatic heterocycles. The van der Waals surface area contributed by atoms with Crippen LogP contribution in [0.25, 0.3) is 0 Å². The Morgan fingerprint density at radius 2 is 2.14 bits per heavy atom. The van der Waals surface area contributed by atoms with Crippen LogP contribution < -0.4 is 5.73 Å². The number of hydrogen-bond donors (Lipinski definition) is 1. The van der Waals surface area contributed by atoms with Gasteiger partial charge in [0.2, 0.25) is 5.89 Å². The minimum atomic E-state index is 0. The minimum Gasteiger partial charge on any atom is -0.339 e. The first-order valence-electron chi connectivity index (χ1n) is 7.05. The molecular weight excluding hydrogens is 313 g/mol. The minimum absolute atomic E-state index is 0. The fourth-order valence-corrected chi connectivity index (χ4v) is 2.48. The quantitative estimate of drug-likeness (QED) is 0.846. The molecular formula is C13H27Cl2N5O. The van der Waals surface area contributed by atoms with Gasteiger partial charge in [-0.15, -0.1) is 24.8 Å². The zero-order chi connectivity index (χ0) is 13.8. The molecule has 0 aliphatic carbocycles. The van der Waals surface area contributed by atoms with Crippen LogP contribution in [0.1, 0.15) is 37.9 Å². The third-order valence-electron chi connectivity index (χ3n) is 3.68. The van der Waals surface area contributed by atoms with Gasteiger partial charge in [-0.3, -0.25) is 4.90 Å². The van der Waals surface area contributed by atoms with Gasteiger partial charge in [-0.05, 0) is 20.0 Å². The summed E-state index contributed by atoms with van der Waals surface area (Å²) in [7, 11) is 2.13. The summed E-state index contributed by atoms with van der Waals surface area (Å²) in [5.41, 5.74) is 5.60. The molecule has 1 saturated heterocycles. The molecule has 8 heteroatoms. The Balaban J connectivity index is 0.00000200. The van der Waals surface area contributed by atoms with Crippen molar-refractivity contribution in [2.45, 2.75) is 38.8 Å². The number of aromatic nitrogens is 2. The predicted molar refractivity (Wildman–Crippen MR) is 88.2 cm³/mol. The summed E-state index contributed by atoms with van der Waals surface area (Å²) in [6, 6.07) is 0.563. The van der Waals surface area contributed by atoms with Crippen LogP contribution in [-0.4, -0.2) is 59.2 Å². The first-order chi connectivity index (χ1) is 9.10. The van der Waals surface area contributed by atoms with E-state index in [1.54, 1.807) is 0 Å². The van der Waals surface area contributed by atoms with Crippen molar-refractivity contribution in [3.63, 3.8) is 0 Å². The highest BCUT2D eigenvalue weighted by molar-refractivity contribution is 5.85. The second kappa shape index (κ2) is 9.58. The Labute approximate surface area is 139 Å². The average Bonchev–Trinajstić information content (AvgIpc) is 2.98. The zero-order valence-corrected chi connectivity index (χ0v) is 14.6. The van der Waals surface area contributed by atoms with E-state index in [1.165, 1.54) is 6.42 Å². The number of nitrogens with zero attached hydrogens (tertiary/aromatic N) is 4. The lowest BCUT2D eigenvalue weighted by Crippen LogP contribution is -2.35. The second-order valence-corrected chi connectivity index (χ2v) is 5.65. The molecule has 1 aromatic rings. The first-order valence-corrected chi connectivity index (χ1v) is 7.05. The average molecular weight is 340 g/mol. The molecule has 0 amide bonds. The molecule has 6 nitrogen and oxygen atoms in total. The van der Waals surface area contributed by atoms with Gasteiger partial charge in [-0.1, -0.05) is 19.0 Å². The Hall–Kier alpha value is -0.400. The van der Waals surface area contributed by atoms with Crippen LogP contribution >= 0.6 is 24.8 Å². The molecule has 1 aromatic heterocycles. The van der Waals surface area contributed by atoms with Gasteiger partial charge in [-0.2, -0.15) is 4.98 Å². The molecule has 0 saturated carbocycles. The number of nitrogens with two attached hydrogens (primary N) is 1. The second-order valence-electron chi connectivity index (χ2n) is 5.65. The Kier molecular flexibility index (Phi) is 9.40. The molecule has 2 heterocycles. The highest BCUT2D eigenvalue weighted by atomic mass is 35.5. The third-order valence-corrected chi connectivity index (χ3v) is 3.68. The van der Waals surface area contributed by atoms with Crippen molar-refractivity contribution in [3.05, 3.63) is 11.7 Å². The maximum absolute atomic E-state index is 5.60. The molecule has 1 aliphatic rings. The largest absolute Gasteiger partial charge is 0.339 e. The van der Waals surface area contributed by atoms with Crippen molar-refractivity contribution in [2.75, 3.05) is 33.2 Å². The topological polar surface area (TPSA) is 71.4 Å². The van der Waals surface area contributed by atoms with Crippen LogP contribution in [0.4, 0.5) is 0 Å². The lowest BCUT2D eigenvalue weighted by molar-refractivity contribution is 0.219. The number of likely N-dealkylation sites (tertiary alicyclic amines) is 1. The summed E-state index contributed by atoms with van der Waals surface area (Å²) in [5, 5.41) is 4.04. The molecule has 2 rings (SSSR count). The van der Waals surface area contributed by atoms with E-state index in [9.17, 15) is 0 Å². The highest BCUT2D eigenvalue weighted by Crippen LogP contribution is 2.16. The lowest BCUT2D eigenvalue weighted by atomic mass is 10.2. The molecule has 1 atom stereocenters. The highest BCUT2D eigenvalue weighted by Gasteiger charge is 2.26. The molecule has 1 fully saturated rings. The molecule has 0 aromatic carbocycles. The van der Waals surface area contributed by atoms with Crippen molar-refractivity contribution in [1.29, 1.82) is 0 Å². The van der Waals surface area contributed by atoms with E-state index in [0.29, 0.717) is 6.04 Å². The molecule has 124 valence electrons. The summed E-state index contributed by atoms with van der Waals surface area (Å²) < 4.78 is 5.23. The molecule has 2 N–H and O–H groups in total. The first kappa shape index (κ1) is 20.6. The summed E-state index contributed by atoms with van der Waals surface area (Å²) >= 11 is 0. The smallest absolute Gasteiger partial charge is 0.229 e. The number of hydrogen-bond acceptors (Lipinski definition) is 6. The number of likely N-dealkylation sites (N-methyl/N-ethyl adjacent to an activating group) is 1. The third kappa shape index (κ3) is 5.71. The Morgan fingerprint density at radius 1 is 1.43 bits per heavy atom. The van der Waals surface area contributed by atoms with Gasteiger partial charge >= 0.3 is 0 Å². The SMILES string of the molecule is CC(C)c1nc(CN(C)C2CCN(CCN)C2)no1.Cl.Cl. The summed E-state index contributed by atoms with van der Waals surface area (Å²) in [6.07, 6.45) is 1.19. The fourth-order valence-electron chi connectivity index (χ4n) is 2.48. The normalized spacial score (nSPS) is 18.9. The molecule has 0 bridgehead atoms. The van der Waals surface area contributed by atoms with Gasteiger partial charge in [0.15, 0.2) is 5.82 Å². The van der Waals surface area contributed by atoms with Crippen molar-refractivity contribution in [2.24, 2.45) is 5.73 Å². The summed E-state index contributed by atoms with van der Waals surface area (Å²) in [4.78, 5) is 9.15. The van der Waals surface area contributed by atoms with E-state index in [2.05, 4.69) is 40.8 Å². The van der Waals surface area contributed by atoms with Crippen molar-refractivity contribution in [3.8, 4) is 0 Å². The standard InChI is InChI=1S/C13H25N5O.2ClH/c1-10(2)13-15-12(16-19-13)9-17(3)11-4-6-18(8-11)7-5-14;;/h10-11H,4-9,14H2,1-3H3;2*1H. The fraction of sp³-hybridized carbons (Fsp3) is 0.846. The van der Waals surface area contributed by atoms with E-state index in [-0.39, 0.29) is 30.7 Å². The van der Waals surface area contributed by atoms with Gasteiger partial charge in [0.25, 0.3) is 0 Å². The zero-order valence-electron chi connectivity index (χ0n) is 13.0. The van der Waals surface area contributed by atoms with Crippen LogP contribution in [0.3, 0.4) is 0 Å². The van der Waals surface area contributed by atoms with Gasteiger partial charge in [-0.25, -0.2) is 0 Å². The van der Waals surface area contributed by atoms with E-state index in [1.807, 2.05) is 0 Å². The monoisotopic (exact) mass is 339 g/mol. The molecule has 0 spiro atoms. The van der Waals surface area contributed by atoms with E-state index < -0.39 is 0 Å².